The number of aromatic amines is 1. The molecule has 166 valence electrons. The maximum atomic E-state index is 13.3. The van der Waals surface area contributed by atoms with Crippen LogP contribution in [0, 0.1) is 5.92 Å². The quantitative estimate of drug-likeness (QED) is 0.352. The monoisotopic (exact) mass is 437 g/mol. The van der Waals surface area contributed by atoms with Crippen molar-refractivity contribution in [3.63, 3.8) is 0 Å². The first-order valence-corrected chi connectivity index (χ1v) is 11.1. The van der Waals surface area contributed by atoms with E-state index in [4.69, 9.17) is 0 Å². The fourth-order valence-electron chi connectivity index (χ4n) is 4.02. The molecule has 1 unspecified atom stereocenters. The van der Waals surface area contributed by atoms with Crippen LogP contribution in [-0.2, 0) is 22.4 Å². The Morgan fingerprint density at radius 1 is 0.970 bits per heavy atom. The third-order valence-electron chi connectivity index (χ3n) is 5.73. The van der Waals surface area contributed by atoms with Crippen LogP contribution in [-0.4, -0.2) is 28.2 Å². The second-order valence-corrected chi connectivity index (χ2v) is 8.12. The van der Waals surface area contributed by atoms with Gasteiger partial charge in [-0.05, 0) is 34.7 Å². The summed E-state index contributed by atoms with van der Waals surface area (Å²) in [7, 11) is 0. The minimum atomic E-state index is -0.605. The van der Waals surface area contributed by atoms with Gasteiger partial charge in [-0.25, -0.2) is 4.98 Å². The van der Waals surface area contributed by atoms with Gasteiger partial charge in [0.15, 0.2) is 0 Å². The number of carbonyl (C=O) groups is 2. The minimum absolute atomic E-state index is 0.128. The van der Waals surface area contributed by atoms with Crippen molar-refractivity contribution >= 4 is 29.0 Å². The molecule has 5 heteroatoms. The number of allylic oxidation sites excluding steroid dienone is 1. The average molecular weight is 438 g/mol. The third-order valence-corrected chi connectivity index (χ3v) is 5.73. The number of fused-ring (bicyclic) bond motifs is 1. The van der Waals surface area contributed by atoms with Crippen molar-refractivity contribution in [2.24, 2.45) is 5.92 Å². The highest BCUT2D eigenvalue weighted by Crippen LogP contribution is 2.23. The number of aromatic nitrogens is 2. The molecule has 4 rings (SSSR count). The molecular formula is C28H27N3O2. The van der Waals surface area contributed by atoms with Crippen molar-refractivity contribution in [1.82, 2.24) is 15.3 Å². The Balaban J connectivity index is 1.53. The zero-order valence-corrected chi connectivity index (χ0v) is 18.4. The Kier molecular flexibility index (Phi) is 7.44. The standard InChI is InChI=1S/C28H27N3O2/c32-19-26(17-25-18-29-20-30-25)31-28(33)24(14-6-10-21-8-2-1-3-9-21)16-23-13-7-12-22-11-4-5-15-27(22)23/h1-13,15,18-20,24,26H,14,16-17H2,(H,29,30)(H,31,33)/t24?,26-/m0/s1. The molecular weight excluding hydrogens is 410 g/mol. The first-order valence-electron chi connectivity index (χ1n) is 11.1. The lowest BCUT2D eigenvalue weighted by atomic mass is 9.91. The predicted molar refractivity (Wildman–Crippen MR) is 132 cm³/mol. The van der Waals surface area contributed by atoms with Gasteiger partial charge in [0.1, 0.15) is 6.29 Å². The summed E-state index contributed by atoms with van der Waals surface area (Å²) in [6.07, 6.45) is 9.63. The molecule has 33 heavy (non-hydrogen) atoms. The number of H-pyrrole nitrogens is 1. The topological polar surface area (TPSA) is 74.8 Å². The molecule has 0 fully saturated rings. The Morgan fingerprint density at radius 3 is 2.55 bits per heavy atom. The van der Waals surface area contributed by atoms with Crippen molar-refractivity contribution in [3.8, 4) is 0 Å². The summed E-state index contributed by atoms with van der Waals surface area (Å²) in [5.41, 5.74) is 3.02. The fraction of sp³-hybridized carbons (Fsp3) is 0.179. The largest absolute Gasteiger partial charge is 0.348 e. The summed E-state index contributed by atoms with van der Waals surface area (Å²) in [6, 6.07) is 23.8. The van der Waals surface area contributed by atoms with E-state index in [1.165, 1.54) is 0 Å². The fourth-order valence-corrected chi connectivity index (χ4v) is 4.02. The summed E-state index contributed by atoms with van der Waals surface area (Å²) in [6.45, 7) is 0. The van der Waals surface area contributed by atoms with E-state index in [0.717, 1.165) is 33.9 Å². The molecule has 0 spiro atoms. The molecule has 0 saturated carbocycles. The molecule has 0 saturated heterocycles. The van der Waals surface area contributed by atoms with Crippen LogP contribution in [0.4, 0.5) is 0 Å². The molecule has 3 aromatic carbocycles. The molecule has 5 nitrogen and oxygen atoms in total. The van der Waals surface area contributed by atoms with Gasteiger partial charge in [0.2, 0.25) is 5.91 Å². The van der Waals surface area contributed by atoms with Crippen LogP contribution >= 0.6 is 0 Å². The highest BCUT2D eigenvalue weighted by atomic mass is 16.2. The molecule has 0 bridgehead atoms. The number of nitrogens with one attached hydrogen (secondary N) is 2. The van der Waals surface area contributed by atoms with Crippen LogP contribution in [0.25, 0.3) is 16.8 Å². The first-order chi connectivity index (χ1) is 16.2. The highest BCUT2D eigenvalue weighted by molar-refractivity contribution is 5.87. The number of imidazole rings is 1. The SMILES string of the molecule is O=C[C@H](Cc1cnc[nH]1)NC(=O)C(CC=Cc1ccccc1)Cc1cccc2ccccc12. The van der Waals surface area contributed by atoms with Gasteiger partial charge < -0.3 is 15.1 Å². The summed E-state index contributed by atoms with van der Waals surface area (Å²) in [4.78, 5) is 31.9. The zero-order valence-electron chi connectivity index (χ0n) is 18.4. The summed E-state index contributed by atoms with van der Waals surface area (Å²) in [5.74, 6) is -0.433. The second kappa shape index (κ2) is 11.0. The van der Waals surface area contributed by atoms with E-state index in [9.17, 15) is 9.59 Å². The second-order valence-electron chi connectivity index (χ2n) is 8.12. The molecule has 1 amide bonds. The van der Waals surface area contributed by atoms with Gasteiger partial charge in [0, 0.05) is 24.2 Å². The van der Waals surface area contributed by atoms with Crippen LogP contribution in [0.1, 0.15) is 23.2 Å². The van der Waals surface area contributed by atoms with Gasteiger partial charge in [-0.2, -0.15) is 0 Å². The lowest BCUT2D eigenvalue weighted by Crippen LogP contribution is -2.41. The van der Waals surface area contributed by atoms with E-state index in [1.54, 1.807) is 12.5 Å². The number of carbonyl (C=O) groups excluding carboxylic acids is 2. The van der Waals surface area contributed by atoms with Gasteiger partial charge in [0.05, 0.1) is 12.4 Å². The number of aldehydes is 1. The summed E-state index contributed by atoms with van der Waals surface area (Å²) >= 11 is 0. The normalized spacial score (nSPS) is 13.1. The lowest BCUT2D eigenvalue weighted by Gasteiger charge is -2.19. The number of benzene rings is 3. The Morgan fingerprint density at radius 2 is 1.76 bits per heavy atom. The summed E-state index contributed by atoms with van der Waals surface area (Å²) in [5, 5.41) is 5.23. The van der Waals surface area contributed by atoms with Crippen LogP contribution in [0.5, 0.6) is 0 Å². The van der Waals surface area contributed by atoms with E-state index < -0.39 is 6.04 Å². The van der Waals surface area contributed by atoms with Gasteiger partial charge in [0.25, 0.3) is 0 Å². The predicted octanol–water partition coefficient (Wildman–Crippen LogP) is 4.75. The maximum Gasteiger partial charge on any atom is 0.224 e. The van der Waals surface area contributed by atoms with Gasteiger partial charge in [-0.3, -0.25) is 4.79 Å². The number of hydrogen-bond acceptors (Lipinski definition) is 3. The third kappa shape index (κ3) is 6.04. The van der Waals surface area contributed by atoms with E-state index in [1.807, 2.05) is 60.7 Å². The van der Waals surface area contributed by atoms with Crippen molar-refractivity contribution < 1.29 is 9.59 Å². The molecule has 2 atom stereocenters. The average Bonchev–Trinajstić information content (AvgIpc) is 3.37. The number of nitrogens with zero attached hydrogens (tertiary/aromatic N) is 1. The van der Waals surface area contributed by atoms with Gasteiger partial charge in [-0.15, -0.1) is 0 Å². The molecule has 4 aromatic rings. The molecule has 0 aliphatic heterocycles. The van der Waals surface area contributed by atoms with E-state index in [2.05, 4.69) is 39.6 Å². The minimum Gasteiger partial charge on any atom is -0.348 e. The molecule has 1 aromatic heterocycles. The molecule has 0 radical (unpaired) electrons. The van der Waals surface area contributed by atoms with Gasteiger partial charge in [-0.1, -0.05) is 84.9 Å². The molecule has 0 aliphatic rings. The van der Waals surface area contributed by atoms with Crippen molar-refractivity contribution in [2.75, 3.05) is 0 Å². The smallest absolute Gasteiger partial charge is 0.224 e. The Labute approximate surface area is 193 Å². The van der Waals surface area contributed by atoms with Crippen LogP contribution in [0.15, 0.2) is 91.4 Å². The molecule has 1 heterocycles. The number of amides is 1. The first kappa shape index (κ1) is 22.2. The van der Waals surface area contributed by atoms with E-state index in [-0.39, 0.29) is 11.8 Å². The number of rotatable bonds is 10. The van der Waals surface area contributed by atoms with Crippen LogP contribution < -0.4 is 5.32 Å². The maximum absolute atomic E-state index is 13.3. The van der Waals surface area contributed by atoms with Crippen molar-refractivity contribution in [3.05, 3.63) is 108 Å². The highest BCUT2D eigenvalue weighted by Gasteiger charge is 2.22. The van der Waals surface area contributed by atoms with E-state index >= 15 is 0 Å². The van der Waals surface area contributed by atoms with Crippen LogP contribution in [0.2, 0.25) is 0 Å². The lowest BCUT2D eigenvalue weighted by molar-refractivity contribution is -0.127. The van der Waals surface area contributed by atoms with Crippen molar-refractivity contribution in [1.29, 1.82) is 0 Å². The van der Waals surface area contributed by atoms with Crippen molar-refractivity contribution in [2.45, 2.75) is 25.3 Å². The summed E-state index contributed by atoms with van der Waals surface area (Å²) < 4.78 is 0. The van der Waals surface area contributed by atoms with Gasteiger partial charge >= 0.3 is 0 Å². The molecule has 0 aliphatic carbocycles. The molecule has 2 N–H and O–H groups in total. The number of hydrogen-bond donors (Lipinski definition) is 2. The Hall–Kier alpha value is -3.99. The van der Waals surface area contributed by atoms with E-state index in [0.29, 0.717) is 19.3 Å². The Bertz CT molecular complexity index is 1210. The zero-order chi connectivity index (χ0) is 22.9. The van der Waals surface area contributed by atoms with Crippen LogP contribution in [0.3, 0.4) is 0 Å².